The zero-order valence-corrected chi connectivity index (χ0v) is 18.2. The van der Waals surface area contributed by atoms with Gasteiger partial charge in [0.2, 0.25) is 17.7 Å². The molecule has 0 saturated carbocycles. The van der Waals surface area contributed by atoms with Gasteiger partial charge in [-0.3, -0.25) is 14.4 Å². The first-order valence-electron chi connectivity index (χ1n) is 10.7. The maximum atomic E-state index is 12.7. The van der Waals surface area contributed by atoms with E-state index in [-0.39, 0.29) is 18.2 Å². The molecule has 7 N–H and O–H groups in total. The van der Waals surface area contributed by atoms with Gasteiger partial charge < -0.3 is 32.1 Å². The van der Waals surface area contributed by atoms with Gasteiger partial charge in [0.25, 0.3) is 0 Å². The SMILES string of the molecule is CC(C)CC(N)C(=O)N1CCCC1C(=O)NC(C)C(=O)NC(CCCCN)C(=O)O. The molecule has 10 nitrogen and oxygen atoms in total. The van der Waals surface area contributed by atoms with Crippen LogP contribution in [0.2, 0.25) is 0 Å². The summed E-state index contributed by atoms with van der Waals surface area (Å²) < 4.78 is 0. The molecule has 1 fully saturated rings. The highest BCUT2D eigenvalue weighted by Gasteiger charge is 2.37. The summed E-state index contributed by atoms with van der Waals surface area (Å²) in [6, 6.07) is -3.31. The van der Waals surface area contributed by atoms with Crippen molar-refractivity contribution < 1.29 is 24.3 Å². The molecule has 1 aliphatic rings. The van der Waals surface area contributed by atoms with E-state index < -0.39 is 42.0 Å². The van der Waals surface area contributed by atoms with Gasteiger partial charge in [0.05, 0.1) is 6.04 Å². The lowest BCUT2D eigenvalue weighted by molar-refractivity contribution is -0.143. The molecule has 10 heteroatoms. The van der Waals surface area contributed by atoms with E-state index in [0.29, 0.717) is 45.2 Å². The highest BCUT2D eigenvalue weighted by Crippen LogP contribution is 2.20. The van der Waals surface area contributed by atoms with Crippen molar-refractivity contribution in [3.63, 3.8) is 0 Å². The van der Waals surface area contributed by atoms with Crippen LogP contribution in [0.25, 0.3) is 0 Å². The number of hydrogen-bond donors (Lipinski definition) is 5. The third-order valence-electron chi connectivity index (χ3n) is 5.19. The molecule has 4 atom stereocenters. The summed E-state index contributed by atoms with van der Waals surface area (Å²) in [5.41, 5.74) is 11.4. The first-order valence-corrected chi connectivity index (χ1v) is 10.7. The fraction of sp³-hybridized carbons (Fsp3) is 0.800. The number of hydrogen-bond acceptors (Lipinski definition) is 6. The van der Waals surface area contributed by atoms with Gasteiger partial charge in [0, 0.05) is 6.54 Å². The van der Waals surface area contributed by atoms with Crippen LogP contribution in [0.1, 0.15) is 59.3 Å². The molecule has 1 rings (SSSR count). The van der Waals surface area contributed by atoms with Crippen molar-refractivity contribution in [1.29, 1.82) is 0 Å². The number of carbonyl (C=O) groups excluding carboxylic acids is 3. The second-order valence-electron chi connectivity index (χ2n) is 8.34. The largest absolute Gasteiger partial charge is 0.480 e. The molecule has 0 aromatic heterocycles. The minimum Gasteiger partial charge on any atom is -0.480 e. The van der Waals surface area contributed by atoms with E-state index in [4.69, 9.17) is 11.5 Å². The van der Waals surface area contributed by atoms with E-state index in [9.17, 15) is 24.3 Å². The predicted octanol–water partition coefficient (Wildman–Crippen LogP) is -0.446. The highest BCUT2D eigenvalue weighted by atomic mass is 16.4. The Hall–Kier alpha value is -2.20. The lowest BCUT2D eigenvalue weighted by Gasteiger charge is -2.28. The van der Waals surface area contributed by atoms with Crippen molar-refractivity contribution in [2.24, 2.45) is 17.4 Å². The molecular weight excluding hydrogens is 390 g/mol. The van der Waals surface area contributed by atoms with Crippen LogP contribution in [0.15, 0.2) is 0 Å². The number of rotatable bonds is 12. The van der Waals surface area contributed by atoms with E-state index in [1.807, 2.05) is 13.8 Å². The smallest absolute Gasteiger partial charge is 0.326 e. The Morgan fingerprint density at radius 1 is 1.13 bits per heavy atom. The van der Waals surface area contributed by atoms with Crippen molar-refractivity contribution in [3.05, 3.63) is 0 Å². The molecule has 0 aromatic rings. The fourth-order valence-electron chi connectivity index (χ4n) is 3.55. The number of unbranched alkanes of at least 4 members (excludes halogenated alkanes) is 1. The molecule has 0 aromatic carbocycles. The van der Waals surface area contributed by atoms with Crippen LogP contribution in [0, 0.1) is 5.92 Å². The van der Waals surface area contributed by atoms with Crippen LogP contribution < -0.4 is 22.1 Å². The average Bonchev–Trinajstić information content (AvgIpc) is 3.15. The van der Waals surface area contributed by atoms with Gasteiger partial charge in [-0.1, -0.05) is 13.8 Å². The fourth-order valence-corrected chi connectivity index (χ4v) is 3.55. The van der Waals surface area contributed by atoms with Crippen molar-refractivity contribution in [3.8, 4) is 0 Å². The van der Waals surface area contributed by atoms with E-state index >= 15 is 0 Å². The molecule has 1 heterocycles. The van der Waals surface area contributed by atoms with Gasteiger partial charge in [-0.15, -0.1) is 0 Å². The molecule has 172 valence electrons. The second kappa shape index (κ2) is 12.5. The van der Waals surface area contributed by atoms with Crippen LogP contribution >= 0.6 is 0 Å². The Bertz CT molecular complexity index is 612. The summed E-state index contributed by atoms with van der Waals surface area (Å²) in [6.07, 6.45) is 3.21. The Balaban J connectivity index is 2.65. The maximum absolute atomic E-state index is 12.7. The Kier molecular flexibility index (Phi) is 10.8. The Labute approximate surface area is 178 Å². The average molecular weight is 428 g/mol. The molecule has 1 aliphatic heterocycles. The van der Waals surface area contributed by atoms with Gasteiger partial charge in [-0.2, -0.15) is 0 Å². The van der Waals surface area contributed by atoms with Crippen LogP contribution in [0.5, 0.6) is 0 Å². The lowest BCUT2D eigenvalue weighted by Crippen LogP contribution is -2.55. The van der Waals surface area contributed by atoms with Gasteiger partial charge in [-0.05, 0) is 57.9 Å². The number of nitrogens with two attached hydrogens (primary N) is 2. The first kappa shape index (κ1) is 25.8. The number of amides is 3. The third-order valence-corrected chi connectivity index (χ3v) is 5.19. The van der Waals surface area contributed by atoms with Crippen LogP contribution in [-0.4, -0.2) is 71.0 Å². The first-order chi connectivity index (χ1) is 14.1. The molecule has 1 saturated heterocycles. The zero-order valence-electron chi connectivity index (χ0n) is 18.2. The summed E-state index contributed by atoms with van der Waals surface area (Å²) in [7, 11) is 0. The molecule has 0 aliphatic carbocycles. The van der Waals surface area contributed by atoms with Gasteiger partial charge >= 0.3 is 5.97 Å². The van der Waals surface area contributed by atoms with Crippen LogP contribution in [0.3, 0.4) is 0 Å². The van der Waals surface area contributed by atoms with Crippen molar-refractivity contribution >= 4 is 23.7 Å². The lowest BCUT2D eigenvalue weighted by atomic mass is 10.0. The van der Waals surface area contributed by atoms with Crippen molar-refractivity contribution in [1.82, 2.24) is 15.5 Å². The van der Waals surface area contributed by atoms with Crippen LogP contribution in [0.4, 0.5) is 0 Å². The minimum atomic E-state index is -1.13. The normalized spacial score (nSPS) is 19.3. The number of carbonyl (C=O) groups is 4. The monoisotopic (exact) mass is 427 g/mol. The van der Waals surface area contributed by atoms with Crippen molar-refractivity contribution in [2.45, 2.75) is 83.5 Å². The number of carboxylic acids is 1. The quantitative estimate of drug-likeness (QED) is 0.263. The number of likely N-dealkylation sites (tertiary alicyclic amines) is 1. The topological polar surface area (TPSA) is 168 Å². The second-order valence-corrected chi connectivity index (χ2v) is 8.34. The number of nitrogens with zero attached hydrogens (tertiary/aromatic N) is 1. The van der Waals surface area contributed by atoms with E-state index in [0.717, 1.165) is 0 Å². The number of aliphatic carboxylic acids is 1. The minimum absolute atomic E-state index is 0.259. The Morgan fingerprint density at radius 3 is 2.37 bits per heavy atom. The zero-order chi connectivity index (χ0) is 22.8. The molecule has 3 amide bonds. The van der Waals surface area contributed by atoms with Crippen molar-refractivity contribution in [2.75, 3.05) is 13.1 Å². The molecular formula is C20H37N5O5. The summed E-state index contributed by atoms with van der Waals surface area (Å²) in [4.78, 5) is 50.5. The molecule has 4 unspecified atom stereocenters. The van der Waals surface area contributed by atoms with E-state index in [2.05, 4.69) is 10.6 Å². The predicted molar refractivity (Wildman–Crippen MR) is 112 cm³/mol. The number of nitrogens with one attached hydrogen (secondary N) is 2. The highest BCUT2D eigenvalue weighted by molar-refractivity contribution is 5.94. The molecule has 0 radical (unpaired) electrons. The molecule has 30 heavy (non-hydrogen) atoms. The maximum Gasteiger partial charge on any atom is 0.326 e. The third kappa shape index (κ3) is 7.91. The Morgan fingerprint density at radius 2 is 1.80 bits per heavy atom. The van der Waals surface area contributed by atoms with Gasteiger partial charge in [0.15, 0.2) is 0 Å². The summed E-state index contributed by atoms with van der Waals surface area (Å²) in [6.45, 7) is 6.33. The van der Waals surface area contributed by atoms with Crippen LogP contribution in [-0.2, 0) is 19.2 Å². The standard InChI is InChI=1S/C20H37N5O5/c1-12(2)11-14(22)19(28)25-10-6-8-16(25)18(27)23-13(3)17(26)24-15(20(29)30)7-4-5-9-21/h12-16H,4-11,21-22H2,1-3H3,(H,23,27)(H,24,26)(H,29,30). The van der Waals surface area contributed by atoms with Gasteiger partial charge in [-0.25, -0.2) is 4.79 Å². The van der Waals surface area contributed by atoms with Gasteiger partial charge in [0.1, 0.15) is 18.1 Å². The van der Waals surface area contributed by atoms with E-state index in [1.54, 1.807) is 0 Å². The summed E-state index contributed by atoms with van der Waals surface area (Å²) in [5, 5.41) is 14.3. The summed E-state index contributed by atoms with van der Waals surface area (Å²) >= 11 is 0. The molecule has 0 bridgehead atoms. The molecule has 0 spiro atoms. The number of carboxylic acid groups (broad SMARTS) is 1. The summed E-state index contributed by atoms with van der Waals surface area (Å²) in [5.74, 6) is -2.16. The van der Waals surface area contributed by atoms with E-state index in [1.165, 1.54) is 11.8 Å².